The number of carbonyl (C=O) groups is 1. The molecule has 0 saturated carbocycles. The van der Waals surface area contributed by atoms with Crippen LogP contribution in [0.4, 0.5) is 10.8 Å². The van der Waals surface area contributed by atoms with Crippen molar-refractivity contribution in [2.75, 3.05) is 23.3 Å². The summed E-state index contributed by atoms with van der Waals surface area (Å²) in [5.41, 5.74) is 2.31. The summed E-state index contributed by atoms with van der Waals surface area (Å²) in [5, 5.41) is 3.93. The molecule has 0 atom stereocenters. The van der Waals surface area contributed by atoms with Crippen LogP contribution in [0.5, 0.6) is 5.75 Å². The Bertz CT molecular complexity index is 1210. The molecule has 0 bridgehead atoms. The Labute approximate surface area is 171 Å². The van der Waals surface area contributed by atoms with Crippen LogP contribution in [0.1, 0.15) is 16.3 Å². The van der Waals surface area contributed by atoms with Gasteiger partial charge in [0.1, 0.15) is 11.4 Å². The largest absolute Gasteiger partial charge is 0.482 e. The van der Waals surface area contributed by atoms with Crippen molar-refractivity contribution in [1.82, 2.24) is 10.1 Å². The molecule has 11 heteroatoms. The third kappa shape index (κ3) is 3.36. The Balaban J connectivity index is 1.68. The van der Waals surface area contributed by atoms with Gasteiger partial charge in [-0.25, -0.2) is 13.4 Å². The number of nitrogens with one attached hydrogen (secondary N) is 1. The smallest absolute Gasteiger partial charge is 0.269 e. The number of nitrogens with zero attached hydrogens (tertiary/aromatic N) is 3. The fraction of sp³-hybridized carbons (Fsp3) is 0.278. The van der Waals surface area contributed by atoms with Crippen molar-refractivity contribution in [3.63, 3.8) is 0 Å². The number of hydrogen-bond acceptors (Lipinski definition) is 8. The second kappa shape index (κ2) is 6.85. The molecular formula is C18H18N4O5S2. The highest BCUT2D eigenvalue weighted by atomic mass is 32.2. The number of benzene rings is 1. The van der Waals surface area contributed by atoms with Gasteiger partial charge in [-0.3, -0.25) is 9.52 Å². The van der Waals surface area contributed by atoms with E-state index >= 15 is 0 Å². The maximum absolute atomic E-state index is 12.7. The molecule has 1 aliphatic rings. The summed E-state index contributed by atoms with van der Waals surface area (Å²) >= 11 is 1.22. The Morgan fingerprint density at radius 2 is 2.00 bits per heavy atom. The molecule has 1 amide bonds. The lowest BCUT2D eigenvalue weighted by molar-refractivity contribution is -0.120. The van der Waals surface area contributed by atoms with Crippen molar-refractivity contribution < 1.29 is 22.5 Å². The molecule has 152 valence electrons. The predicted molar refractivity (Wildman–Crippen MR) is 108 cm³/mol. The number of sulfonamides is 1. The first-order chi connectivity index (χ1) is 13.7. The van der Waals surface area contributed by atoms with Crippen LogP contribution in [0.15, 0.2) is 27.6 Å². The molecule has 1 aliphatic heterocycles. The molecule has 0 fully saturated rings. The van der Waals surface area contributed by atoms with Crippen LogP contribution in [-0.4, -0.2) is 38.1 Å². The molecule has 29 heavy (non-hydrogen) atoms. The lowest BCUT2D eigenvalue weighted by atomic mass is 10.1. The highest BCUT2D eigenvalue weighted by molar-refractivity contribution is 7.93. The monoisotopic (exact) mass is 434 g/mol. The van der Waals surface area contributed by atoms with Crippen molar-refractivity contribution in [3.8, 4) is 17.0 Å². The Kier molecular flexibility index (Phi) is 4.58. The fourth-order valence-electron chi connectivity index (χ4n) is 3.15. The van der Waals surface area contributed by atoms with Gasteiger partial charge in [0.25, 0.3) is 15.9 Å². The second-order valence-corrected chi connectivity index (χ2v) is 9.43. The second-order valence-electron chi connectivity index (χ2n) is 6.61. The average molecular weight is 434 g/mol. The molecule has 2 aromatic heterocycles. The molecule has 4 rings (SSSR count). The number of hydrogen-bond donors (Lipinski definition) is 1. The van der Waals surface area contributed by atoms with Gasteiger partial charge in [0.15, 0.2) is 22.4 Å². The van der Waals surface area contributed by atoms with E-state index < -0.39 is 10.0 Å². The van der Waals surface area contributed by atoms with Gasteiger partial charge in [-0.05, 0) is 39.0 Å². The molecule has 0 spiro atoms. The summed E-state index contributed by atoms with van der Waals surface area (Å²) in [6.45, 7) is 4.97. The van der Waals surface area contributed by atoms with Crippen LogP contribution in [0.25, 0.3) is 11.3 Å². The van der Waals surface area contributed by atoms with Crippen LogP contribution >= 0.6 is 11.3 Å². The molecular weight excluding hydrogens is 416 g/mol. The van der Waals surface area contributed by atoms with Crippen LogP contribution in [0.2, 0.25) is 0 Å². The summed E-state index contributed by atoms with van der Waals surface area (Å²) in [6, 6.07) is 5.41. The van der Waals surface area contributed by atoms with E-state index in [4.69, 9.17) is 9.26 Å². The first-order valence-corrected chi connectivity index (χ1v) is 10.9. The minimum absolute atomic E-state index is 0.00616. The lowest BCUT2D eigenvalue weighted by Gasteiger charge is -2.26. The van der Waals surface area contributed by atoms with Gasteiger partial charge in [0.05, 0.1) is 11.4 Å². The van der Waals surface area contributed by atoms with E-state index in [1.807, 2.05) is 13.0 Å². The Morgan fingerprint density at radius 1 is 1.24 bits per heavy atom. The summed E-state index contributed by atoms with van der Waals surface area (Å²) in [5.74, 6) is 0.687. The molecule has 0 aliphatic carbocycles. The molecule has 0 radical (unpaired) electrons. The zero-order valence-corrected chi connectivity index (χ0v) is 17.8. The lowest BCUT2D eigenvalue weighted by Crippen LogP contribution is -2.35. The maximum Gasteiger partial charge on any atom is 0.269 e. The highest BCUT2D eigenvalue weighted by Crippen LogP contribution is 2.38. The fourth-order valence-corrected chi connectivity index (χ4v) is 5.55. The van der Waals surface area contributed by atoms with E-state index in [0.29, 0.717) is 17.1 Å². The number of aromatic nitrogens is 2. The SMILES string of the molecule is Cc1noc(C)c1S(=O)(=O)Nc1nc(-c2ccc3c(c2)N(C)C(=O)CO3)c(C)s1. The minimum atomic E-state index is -3.88. The number of carbonyl (C=O) groups excluding carboxylic acids is 1. The quantitative estimate of drug-likeness (QED) is 0.671. The number of aryl methyl sites for hydroxylation is 3. The molecule has 0 unspecified atom stereocenters. The van der Waals surface area contributed by atoms with Crippen molar-refractivity contribution in [2.45, 2.75) is 25.7 Å². The summed E-state index contributed by atoms with van der Waals surface area (Å²) in [4.78, 5) is 18.7. The number of amides is 1. The third-order valence-corrected chi connectivity index (χ3v) is 7.17. The number of fused-ring (bicyclic) bond motifs is 1. The van der Waals surface area contributed by atoms with E-state index in [9.17, 15) is 13.2 Å². The first-order valence-electron chi connectivity index (χ1n) is 8.64. The Hall–Kier alpha value is -2.92. The van der Waals surface area contributed by atoms with Gasteiger partial charge in [-0.2, -0.15) is 0 Å². The van der Waals surface area contributed by atoms with E-state index in [1.54, 1.807) is 33.0 Å². The topological polar surface area (TPSA) is 115 Å². The van der Waals surface area contributed by atoms with Crippen LogP contribution in [-0.2, 0) is 14.8 Å². The number of thiazole rings is 1. The van der Waals surface area contributed by atoms with Gasteiger partial charge < -0.3 is 14.2 Å². The van der Waals surface area contributed by atoms with Gasteiger partial charge in [-0.15, -0.1) is 11.3 Å². The summed E-state index contributed by atoms with van der Waals surface area (Å²) < 4.78 is 38.4. The normalized spacial score (nSPS) is 13.9. The van der Waals surface area contributed by atoms with Crippen LogP contribution < -0.4 is 14.4 Å². The van der Waals surface area contributed by atoms with E-state index in [-0.39, 0.29) is 34.0 Å². The molecule has 1 aromatic carbocycles. The first kappa shape index (κ1) is 19.4. The van der Waals surface area contributed by atoms with Gasteiger partial charge >= 0.3 is 0 Å². The standard InChI is InChI=1S/C18H18N4O5S2/c1-9-17(10(2)27-20-9)29(24,25)21-18-19-16(11(3)28-18)12-5-6-14-13(7-12)22(4)15(23)8-26-14/h5-7H,8H2,1-4H3,(H,19,21). The van der Waals surface area contributed by atoms with Crippen LogP contribution in [0, 0.1) is 20.8 Å². The molecule has 0 saturated heterocycles. The molecule has 9 nitrogen and oxygen atoms in total. The van der Waals surface area contributed by atoms with Crippen molar-refractivity contribution in [2.24, 2.45) is 0 Å². The predicted octanol–water partition coefficient (Wildman–Crippen LogP) is 2.88. The van der Waals surface area contributed by atoms with E-state index in [1.165, 1.54) is 16.2 Å². The number of likely N-dealkylation sites (N-methyl/N-ethyl adjacent to an activating group) is 1. The van der Waals surface area contributed by atoms with Gasteiger partial charge in [0, 0.05) is 17.5 Å². The van der Waals surface area contributed by atoms with E-state index in [2.05, 4.69) is 14.9 Å². The Morgan fingerprint density at radius 3 is 2.69 bits per heavy atom. The average Bonchev–Trinajstić information content (AvgIpc) is 3.19. The zero-order chi connectivity index (χ0) is 20.9. The molecule has 3 aromatic rings. The number of ether oxygens (including phenoxy) is 1. The minimum Gasteiger partial charge on any atom is -0.482 e. The molecule has 1 N–H and O–H groups in total. The highest BCUT2D eigenvalue weighted by Gasteiger charge is 2.27. The van der Waals surface area contributed by atoms with Gasteiger partial charge in [0.2, 0.25) is 0 Å². The zero-order valence-electron chi connectivity index (χ0n) is 16.1. The number of rotatable bonds is 4. The third-order valence-electron chi connectivity index (χ3n) is 4.57. The molecule has 3 heterocycles. The van der Waals surface area contributed by atoms with Gasteiger partial charge in [-0.1, -0.05) is 5.16 Å². The van der Waals surface area contributed by atoms with E-state index in [0.717, 1.165) is 10.4 Å². The maximum atomic E-state index is 12.7. The van der Waals surface area contributed by atoms with Crippen molar-refractivity contribution in [1.29, 1.82) is 0 Å². The van der Waals surface area contributed by atoms with Crippen molar-refractivity contribution >= 4 is 38.1 Å². The van der Waals surface area contributed by atoms with Crippen LogP contribution in [0.3, 0.4) is 0 Å². The van der Waals surface area contributed by atoms with Crippen molar-refractivity contribution in [3.05, 3.63) is 34.5 Å². The number of anilines is 2. The summed E-state index contributed by atoms with van der Waals surface area (Å²) in [6.07, 6.45) is 0. The summed E-state index contributed by atoms with van der Waals surface area (Å²) in [7, 11) is -2.19.